The number of carbonyl (C=O) groups is 1. The van der Waals surface area contributed by atoms with Crippen LogP contribution in [0.15, 0.2) is 34.9 Å². The predicted octanol–water partition coefficient (Wildman–Crippen LogP) is 3.30. The largest absolute Gasteiger partial charge is 0.464 e. The van der Waals surface area contributed by atoms with E-state index in [1.165, 1.54) is 0 Å². The van der Waals surface area contributed by atoms with E-state index in [0.29, 0.717) is 13.0 Å². The average molecular weight is 325 g/mol. The van der Waals surface area contributed by atoms with Crippen molar-refractivity contribution in [2.24, 2.45) is 0 Å². The van der Waals surface area contributed by atoms with Gasteiger partial charge in [0.05, 0.1) is 18.4 Å². The Kier molecular flexibility index (Phi) is 4.69. The molecule has 1 aromatic carbocycles. The van der Waals surface area contributed by atoms with E-state index in [9.17, 15) is 4.79 Å². The smallest absolute Gasteiger partial charge is 0.224 e. The second-order valence-corrected chi connectivity index (χ2v) is 6.29. The lowest BCUT2D eigenvalue weighted by Gasteiger charge is -2.06. The molecule has 0 aliphatic carbocycles. The van der Waals surface area contributed by atoms with Crippen molar-refractivity contribution in [1.29, 1.82) is 0 Å². The van der Waals surface area contributed by atoms with Crippen LogP contribution in [-0.4, -0.2) is 22.2 Å². The summed E-state index contributed by atoms with van der Waals surface area (Å²) in [6, 6.07) is 8.10. The maximum atomic E-state index is 12.1. The number of hydrogen-bond donors (Lipinski definition) is 1. The Hall–Kier alpha value is -2.56. The highest BCUT2D eigenvalue weighted by atomic mass is 16.3. The van der Waals surface area contributed by atoms with Crippen molar-refractivity contribution in [1.82, 2.24) is 15.1 Å². The van der Waals surface area contributed by atoms with Crippen molar-refractivity contribution in [3.63, 3.8) is 0 Å². The van der Waals surface area contributed by atoms with Crippen LogP contribution in [0.4, 0.5) is 0 Å². The highest BCUT2D eigenvalue weighted by molar-refractivity contribution is 5.87. The number of nitrogens with one attached hydrogen (secondary N) is 1. The van der Waals surface area contributed by atoms with Gasteiger partial charge in [-0.15, -0.1) is 0 Å². The van der Waals surface area contributed by atoms with Crippen LogP contribution >= 0.6 is 0 Å². The third-order valence-electron chi connectivity index (χ3n) is 4.13. The fraction of sp³-hybridized carbons (Fsp3) is 0.368. The molecule has 3 aromatic rings. The van der Waals surface area contributed by atoms with Gasteiger partial charge in [-0.05, 0) is 44.9 Å². The van der Waals surface area contributed by atoms with Gasteiger partial charge in [0.15, 0.2) is 0 Å². The second kappa shape index (κ2) is 6.91. The first-order chi connectivity index (χ1) is 11.5. The summed E-state index contributed by atoms with van der Waals surface area (Å²) < 4.78 is 7.52. The fourth-order valence-corrected chi connectivity index (χ4v) is 2.92. The first kappa shape index (κ1) is 16.3. The SMILES string of the molecule is Cc1ccc2c(CC(=O)NCCCn3nc(C)cc3C)coc2c1. The molecule has 1 amide bonds. The minimum atomic E-state index is 0.0200. The molecule has 1 N–H and O–H groups in total. The molecule has 0 fully saturated rings. The van der Waals surface area contributed by atoms with Gasteiger partial charge >= 0.3 is 0 Å². The van der Waals surface area contributed by atoms with Crippen molar-refractivity contribution in [2.75, 3.05) is 6.54 Å². The minimum Gasteiger partial charge on any atom is -0.464 e. The molecule has 0 bridgehead atoms. The third kappa shape index (κ3) is 3.67. The van der Waals surface area contributed by atoms with Crippen LogP contribution in [0.3, 0.4) is 0 Å². The summed E-state index contributed by atoms with van der Waals surface area (Å²) in [6.45, 7) is 7.52. The summed E-state index contributed by atoms with van der Waals surface area (Å²) in [5.41, 5.74) is 5.10. The number of aromatic nitrogens is 2. The zero-order valence-corrected chi connectivity index (χ0v) is 14.4. The quantitative estimate of drug-likeness (QED) is 0.707. The van der Waals surface area contributed by atoms with Crippen molar-refractivity contribution in [3.8, 4) is 0 Å². The summed E-state index contributed by atoms with van der Waals surface area (Å²) >= 11 is 0. The molecule has 3 rings (SSSR count). The van der Waals surface area contributed by atoms with E-state index < -0.39 is 0 Å². The van der Waals surface area contributed by atoms with E-state index in [4.69, 9.17) is 4.42 Å². The summed E-state index contributed by atoms with van der Waals surface area (Å²) in [5, 5.41) is 8.40. The van der Waals surface area contributed by atoms with Crippen molar-refractivity contribution in [2.45, 2.75) is 40.2 Å². The highest BCUT2D eigenvalue weighted by Crippen LogP contribution is 2.22. The van der Waals surface area contributed by atoms with Gasteiger partial charge in [0.2, 0.25) is 5.91 Å². The molecule has 24 heavy (non-hydrogen) atoms. The molecule has 0 aliphatic heterocycles. The van der Waals surface area contributed by atoms with Crippen LogP contribution in [0.2, 0.25) is 0 Å². The van der Waals surface area contributed by atoms with Crippen LogP contribution in [0, 0.1) is 20.8 Å². The Morgan fingerprint density at radius 2 is 2.08 bits per heavy atom. The van der Waals surface area contributed by atoms with E-state index in [2.05, 4.69) is 16.5 Å². The number of nitrogens with zero attached hydrogens (tertiary/aromatic N) is 2. The number of aryl methyl sites for hydroxylation is 4. The Morgan fingerprint density at radius 1 is 1.25 bits per heavy atom. The maximum absolute atomic E-state index is 12.1. The lowest BCUT2D eigenvalue weighted by Crippen LogP contribution is -2.26. The van der Waals surface area contributed by atoms with Gasteiger partial charge in [0, 0.05) is 29.7 Å². The van der Waals surface area contributed by atoms with E-state index in [1.807, 2.05) is 43.7 Å². The standard InChI is InChI=1S/C19H23N3O2/c1-13-5-6-17-16(12-24-18(17)9-13)11-19(23)20-7-4-8-22-15(3)10-14(2)21-22/h5-6,9-10,12H,4,7-8,11H2,1-3H3,(H,20,23). The number of furan rings is 1. The summed E-state index contributed by atoms with van der Waals surface area (Å²) in [4.78, 5) is 12.1. The lowest BCUT2D eigenvalue weighted by atomic mass is 10.1. The molecule has 2 aromatic heterocycles. The molecule has 0 unspecified atom stereocenters. The molecular weight excluding hydrogens is 302 g/mol. The molecule has 5 nitrogen and oxygen atoms in total. The van der Waals surface area contributed by atoms with Crippen molar-refractivity contribution < 1.29 is 9.21 Å². The number of benzene rings is 1. The lowest BCUT2D eigenvalue weighted by molar-refractivity contribution is -0.120. The predicted molar refractivity (Wildman–Crippen MR) is 94.0 cm³/mol. The van der Waals surface area contributed by atoms with Crippen LogP contribution in [0.25, 0.3) is 11.0 Å². The number of carbonyl (C=O) groups excluding carboxylic acids is 1. The average Bonchev–Trinajstić information content (AvgIpc) is 3.06. The zero-order valence-electron chi connectivity index (χ0n) is 14.4. The molecule has 2 heterocycles. The van der Waals surface area contributed by atoms with Crippen LogP contribution in [0.1, 0.15) is 28.9 Å². The normalized spacial score (nSPS) is 11.1. The van der Waals surface area contributed by atoms with Gasteiger partial charge in [-0.2, -0.15) is 5.10 Å². The summed E-state index contributed by atoms with van der Waals surface area (Å²) in [7, 11) is 0. The molecule has 5 heteroatoms. The Balaban J connectivity index is 1.49. The summed E-state index contributed by atoms with van der Waals surface area (Å²) in [6.07, 6.45) is 2.88. The highest BCUT2D eigenvalue weighted by Gasteiger charge is 2.10. The number of amides is 1. The van der Waals surface area contributed by atoms with E-state index in [-0.39, 0.29) is 5.91 Å². The van der Waals surface area contributed by atoms with E-state index in [0.717, 1.165) is 46.4 Å². The van der Waals surface area contributed by atoms with Gasteiger partial charge < -0.3 is 9.73 Å². The topological polar surface area (TPSA) is 60.1 Å². The molecule has 0 aliphatic rings. The van der Waals surface area contributed by atoms with Crippen molar-refractivity contribution >= 4 is 16.9 Å². The first-order valence-electron chi connectivity index (χ1n) is 8.27. The Labute approximate surface area is 141 Å². The van der Waals surface area contributed by atoms with Gasteiger partial charge in [-0.25, -0.2) is 0 Å². The summed E-state index contributed by atoms with van der Waals surface area (Å²) in [5.74, 6) is 0.0200. The van der Waals surface area contributed by atoms with Gasteiger partial charge in [0.1, 0.15) is 5.58 Å². The van der Waals surface area contributed by atoms with Crippen LogP contribution < -0.4 is 5.32 Å². The molecule has 0 saturated carbocycles. The molecule has 0 saturated heterocycles. The van der Waals surface area contributed by atoms with Gasteiger partial charge in [-0.3, -0.25) is 9.48 Å². The molecule has 0 spiro atoms. The maximum Gasteiger partial charge on any atom is 0.224 e. The van der Waals surface area contributed by atoms with E-state index >= 15 is 0 Å². The zero-order chi connectivity index (χ0) is 17.1. The van der Waals surface area contributed by atoms with Crippen LogP contribution in [0.5, 0.6) is 0 Å². The Morgan fingerprint density at radius 3 is 2.83 bits per heavy atom. The molecule has 0 atom stereocenters. The third-order valence-corrected chi connectivity index (χ3v) is 4.13. The first-order valence-corrected chi connectivity index (χ1v) is 8.27. The number of hydrogen-bond acceptors (Lipinski definition) is 3. The monoisotopic (exact) mass is 325 g/mol. The molecular formula is C19H23N3O2. The number of fused-ring (bicyclic) bond motifs is 1. The minimum absolute atomic E-state index is 0.0200. The van der Waals surface area contributed by atoms with Crippen molar-refractivity contribution in [3.05, 3.63) is 53.0 Å². The molecule has 0 radical (unpaired) electrons. The second-order valence-electron chi connectivity index (χ2n) is 6.29. The number of rotatable bonds is 6. The molecule has 126 valence electrons. The fourth-order valence-electron chi connectivity index (χ4n) is 2.92. The van der Waals surface area contributed by atoms with E-state index in [1.54, 1.807) is 6.26 Å². The Bertz CT molecular complexity index is 861. The van der Waals surface area contributed by atoms with Gasteiger partial charge in [0.25, 0.3) is 0 Å². The van der Waals surface area contributed by atoms with Crippen LogP contribution in [-0.2, 0) is 17.8 Å². The van der Waals surface area contributed by atoms with Gasteiger partial charge in [-0.1, -0.05) is 12.1 Å².